The Balaban J connectivity index is 1.43. The summed E-state index contributed by atoms with van der Waals surface area (Å²) in [6.45, 7) is 8.51. The van der Waals surface area contributed by atoms with E-state index in [2.05, 4.69) is 48.3 Å². The maximum Gasteiger partial charge on any atom is 0.264 e. The molecule has 1 aromatic carbocycles. The molecule has 0 saturated carbocycles. The zero-order valence-corrected chi connectivity index (χ0v) is 18.4. The Morgan fingerprint density at radius 3 is 2.38 bits per heavy atom. The number of hydrogen-bond donors (Lipinski definition) is 1. The first-order valence-electron chi connectivity index (χ1n) is 10.3. The van der Waals surface area contributed by atoms with E-state index in [1.165, 1.54) is 41.3 Å². The zero-order valence-electron chi connectivity index (χ0n) is 17.6. The molecule has 1 N–H and O–H groups in total. The molecule has 1 saturated heterocycles. The number of likely N-dealkylation sites (N-methyl/N-ethyl adjacent to an activating group) is 1. The highest BCUT2D eigenvalue weighted by atomic mass is 32.1. The predicted molar refractivity (Wildman–Crippen MR) is 118 cm³/mol. The highest BCUT2D eigenvalue weighted by Crippen LogP contribution is 2.22. The summed E-state index contributed by atoms with van der Waals surface area (Å²) in [5, 5.41) is 4.76. The second-order valence-corrected chi connectivity index (χ2v) is 9.32. The van der Waals surface area contributed by atoms with E-state index in [-0.39, 0.29) is 18.4 Å². The van der Waals surface area contributed by atoms with Gasteiger partial charge in [-0.1, -0.05) is 44.2 Å². The minimum atomic E-state index is -0.155. The van der Waals surface area contributed by atoms with E-state index in [0.717, 1.165) is 23.9 Å². The molecule has 0 aliphatic carbocycles. The predicted octanol–water partition coefficient (Wildman–Crippen LogP) is 3.61. The lowest BCUT2D eigenvalue weighted by atomic mass is 9.91. The highest BCUT2D eigenvalue weighted by Gasteiger charge is 2.21. The van der Waals surface area contributed by atoms with Crippen LogP contribution >= 0.6 is 11.3 Å². The Kier molecular flexibility index (Phi) is 7.45. The van der Waals surface area contributed by atoms with Crippen molar-refractivity contribution in [3.63, 3.8) is 0 Å². The largest absolute Gasteiger partial charge is 0.350 e. The van der Waals surface area contributed by atoms with Gasteiger partial charge < -0.3 is 10.2 Å². The number of thiophene rings is 1. The van der Waals surface area contributed by atoms with Crippen LogP contribution in [0.2, 0.25) is 0 Å². The molecule has 156 valence electrons. The fourth-order valence-electron chi connectivity index (χ4n) is 4.07. The monoisotopic (exact) mass is 413 g/mol. The normalized spacial score (nSPS) is 19.7. The minimum absolute atomic E-state index is 0.0557. The summed E-state index contributed by atoms with van der Waals surface area (Å²) < 4.78 is 0. The van der Waals surface area contributed by atoms with E-state index in [1.54, 1.807) is 13.1 Å². The molecule has 2 atom stereocenters. The number of piperidine rings is 1. The van der Waals surface area contributed by atoms with Crippen LogP contribution in [0.3, 0.4) is 0 Å². The third-order valence-corrected chi connectivity index (χ3v) is 6.18. The van der Waals surface area contributed by atoms with Crippen molar-refractivity contribution in [2.75, 3.05) is 26.7 Å². The van der Waals surface area contributed by atoms with Crippen LogP contribution < -0.4 is 5.32 Å². The van der Waals surface area contributed by atoms with Gasteiger partial charge in [-0.2, -0.15) is 0 Å². The third kappa shape index (κ3) is 6.41. The van der Waals surface area contributed by atoms with Crippen LogP contribution in [0.15, 0.2) is 41.8 Å². The molecule has 1 aliphatic heterocycles. The van der Waals surface area contributed by atoms with E-state index in [9.17, 15) is 9.59 Å². The van der Waals surface area contributed by atoms with Crippen LogP contribution in [-0.2, 0) is 17.9 Å². The first-order chi connectivity index (χ1) is 13.9. The summed E-state index contributed by atoms with van der Waals surface area (Å²) in [6.07, 6.45) is 1.32. The number of carbonyl (C=O) groups excluding carboxylic acids is 2. The Labute approximate surface area is 177 Å². The first-order valence-corrected chi connectivity index (χ1v) is 11.1. The van der Waals surface area contributed by atoms with Gasteiger partial charge in [0.1, 0.15) is 0 Å². The average Bonchev–Trinajstić information content (AvgIpc) is 3.20. The first kappa shape index (κ1) is 21.5. The minimum Gasteiger partial charge on any atom is -0.350 e. The van der Waals surface area contributed by atoms with Gasteiger partial charge in [0.25, 0.3) is 5.91 Å². The third-order valence-electron chi connectivity index (χ3n) is 5.32. The Hall–Kier alpha value is -2.18. The van der Waals surface area contributed by atoms with Crippen molar-refractivity contribution in [2.24, 2.45) is 11.8 Å². The van der Waals surface area contributed by atoms with Crippen molar-refractivity contribution >= 4 is 23.2 Å². The number of benzene rings is 1. The molecule has 1 aromatic heterocycles. The van der Waals surface area contributed by atoms with Gasteiger partial charge in [-0.3, -0.25) is 14.5 Å². The molecule has 1 fully saturated rings. The Morgan fingerprint density at radius 1 is 1.10 bits per heavy atom. The number of hydrogen-bond acceptors (Lipinski definition) is 4. The van der Waals surface area contributed by atoms with E-state index in [1.807, 2.05) is 11.4 Å². The highest BCUT2D eigenvalue weighted by molar-refractivity contribution is 7.12. The van der Waals surface area contributed by atoms with E-state index in [4.69, 9.17) is 0 Å². The molecule has 0 unspecified atom stereocenters. The molecule has 6 heteroatoms. The zero-order chi connectivity index (χ0) is 20.8. The molecule has 2 aromatic rings. The summed E-state index contributed by atoms with van der Waals surface area (Å²) in [6, 6.07) is 12.1. The number of rotatable bonds is 7. The maximum atomic E-state index is 12.2. The number of amides is 2. The van der Waals surface area contributed by atoms with Gasteiger partial charge in [0.2, 0.25) is 5.91 Å². The van der Waals surface area contributed by atoms with Crippen LogP contribution in [-0.4, -0.2) is 48.3 Å². The second kappa shape index (κ2) is 10.0. The second-order valence-electron chi connectivity index (χ2n) is 8.37. The van der Waals surface area contributed by atoms with E-state index >= 15 is 0 Å². The number of likely N-dealkylation sites (tertiary alicyclic amines) is 1. The lowest BCUT2D eigenvalue weighted by Gasteiger charge is -2.35. The van der Waals surface area contributed by atoms with Crippen LogP contribution in [0.25, 0.3) is 0 Å². The van der Waals surface area contributed by atoms with Gasteiger partial charge in [0.15, 0.2) is 0 Å². The molecular formula is C23H31N3O2S. The summed E-state index contributed by atoms with van der Waals surface area (Å²) in [7, 11) is 1.65. The summed E-state index contributed by atoms with van der Waals surface area (Å²) >= 11 is 1.38. The van der Waals surface area contributed by atoms with E-state index < -0.39 is 0 Å². The van der Waals surface area contributed by atoms with Crippen LogP contribution in [0.1, 0.15) is 41.1 Å². The fraction of sp³-hybridized carbons (Fsp3) is 0.478. The van der Waals surface area contributed by atoms with Gasteiger partial charge in [-0.25, -0.2) is 0 Å². The average molecular weight is 414 g/mol. The molecule has 0 radical (unpaired) electrons. The van der Waals surface area contributed by atoms with Crippen LogP contribution in [0.4, 0.5) is 0 Å². The summed E-state index contributed by atoms with van der Waals surface area (Å²) in [5.41, 5.74) is 2.37. The molecule has 2 amide bonds. The van der Waals surface area contributed by atoms with Gasteiger partial charge in [-0.15, -0.1) is 11.3 Å². The van der Waals surface area contributed by atoms with Crippen molar-refractivity contribution in [2.45, 2.75) is 33.4 Å². The molecule has 5 nitrogen and oxygen atoms in total. The van der Waals surface area contributed by atoms with Gasteiger partial charge >= 0.3 is 0 Å². The van der Waals surface area contributed by atoms with Crippen molar-refractivity contribution in [3.05, 3.63) is 57.8 Å². The molecule has 1 aliphatic rings. The molecule has 0 bridgehead atoms. The van der Waals surface area contributed by atoms with Crippen molar-refractivity contribution in [1.82, 2.24) is 15.1 Å². The number of carbonyl (C=O) groups is 2. The van der Waals surface area contributed by atoms with Crippen LogP contribution in [0.5, 0.6) is 0 Å². The van der Waals surface area contributed by atoms with Gasteiger partial charge in [-0.05, 0) is 40.8 Å². The van der Waals surface area contributed by atoms with Gasteiger partial charge in [0, 0.05) is 33.2 Å². The lowest BCUT2D eigenvalue weighted by molar-refractivity contribution is -0.121. The molecule has 0 spiro atoms. The smallest absolute Gasteiger partial charge is 0.264 e. The Morgan fingerprint density at radius 2 is 1.76 bits per heavy atom. The van der Waals surface area contributed by atoms with Crippen LogP contribution in [0, 0.1) is 11.8 Å². The van der Waals surface area contributed by atoms with Gasteiger partial charge in [0.05, 0.1) is 11.4 Å². The van der Waals surface area contributed by atoms with Crippen molar-refractivity contribution < 1.29 is 9.59 Å². The molecule has 29 heavy (non-hydrogen) atoms. The fourth-order valence-corrected chi connectivity index (χ4v) is 4.79. The Bertz CT molecular complexity index is 794. The lowest BCUT2D eigenvalue weighted by Crippen LogP contribution is -2.38. The quantitative estimate of drug-likeness (QED) is 0.754. The SMILES string of the molecule is C[C@H]1C[C@H](C)CN(Cc2ccc(CNC(=O)CN(C)C(=O)c3cccs3)cc2)C1. The molecule has 2 heterocycles. The number of nitrogens with zero attached hydrogens (tertiary/aromatic N) is 2. The maximum absolute atomic E-state index is 12.2. The standard InChI is InChI=1S/C23H31N3O2S/c1-17-11-18(2)14-26(13-17)15-20-8-6-19(7-9-20)12-24-22(27)16-25(3)23(28)21-5-4-10-29-21/h4-10,17-18H,11-16H2,1-3H3,(H,24,27)/t17-,18-/m0/s1. The topological polar surface area (TPSA) is 52.7 Å². The van der Waals surface area contributed by atoms with Crippen molar-refractivity contribution in [1.29, 1.82) is 0 Å². The summed E-state index contributed by atoms with van der Waals surface area (Å²) in [5.74, 6) is 1.25. The molecule has 3 rings (SSSR count). The van der Waals surface area contributed by atoms with Crippen molar-refractivity contribution in [3.8, 4) is 0 Å². The van der Waals surface area contributed by atoms with E-state index in [0.29, 0.717) is 11.4 Å². The number of nitrogens with one attached hydrogen (secondary N) is 1. The molecular weight excluding hydrogens is 382 g/mol. The summed E-state index contributed by atoms with van der Waals surface area (Å²) in [4.78, 5) is 29.0.